The molecule has 3 rings (SSSR count). The summed E-state index contributed by atoms with van der Waals surface area (Å²) in [6.07, 6.45) is 0.163. The van der Waals surface area contributed by atoms with Crippen molar-refractivity contribution >= 4 is 21.9 Å². The summed E-state index contributed by atoms with van der Waals surface area (Å²) < 4.78 is 33.8. The van der Waals surface area contributed by atoms with E-state index in [4.69, 9.17) is 10.5 Å². The molecular weight excluding hydrogens is 404 g/mol. The van der Waals surface area contributed by atoms with Gasteiger partial charge in [-0.2, -0.15) is 4.31 Å². The van der Waals surface area contributed by atoms with Gasteiger partial charge in [-0.3, -0.25) is 9.59 Å². The zero-order chi connectivity index (χ0) is 22.2. The van der Waals surface area contributed by atoms with Gasteiger partial charge in [-0.05, 0) is 61.1 Å². The molecule has 1 heterocycles. The maximum Gasteiger partial charge on any atom is 0.325 e. The van der Waals surface area contributed by atoms with Crippen molar-refractivity contribution in [1.82, 2.24) is 4.31 Å². The molecule has 1 amide bonds. The lowest BCUT2D eigenvalue weighted by Crippen LogP contribution is -2.49. The number of nitrogens with zero attached hydrogens (tertiary/aromatic N) is 1. The number of ether oxygens (including phenoxy) is 1. The van der Waals surface area contributed by atoms with Gasteiger partial charge in [-0.25, -0.2) is 8.42 Å². The van der Waals surface area contributed by atoms with Crippen LogP contribution in [0.3, 0.4) is 0 Å². The average molecular weight is 431 g/mol. The van der Waals surface area contributed by atoms with E-state index in [-0.39, 0.29) is 17.9 Å². The quantitative estimate of drug-likeness (QED) is 0.731. The summed E-state index contributed by atoms with van der Waals surface area (Å²) in [5.41, 5.74) is 9.82. The molecule has 160 valence electrons. The molecule has 2 N–H and O–H groups in total. The molecule has 7 nitrogen and oxygen atoms in total. The van der Waals surface area contributed by atoms with Gasteiger partial charge in [0.15, 0.2) is 6.61 Å². The molecule has 0 saturated heterocycles. The number of esters is 1. The molecule has 0 spiro atoms. The highest BCUT2D eigenvalue weighted by atomic mass is 32.2. The highest BCUT2D eigenvalue weighted by Crippen LogP contribution is 2.34. The largest absolute Gasteiger partial charge is 0.454 e. The van der Waals surface area contributed by atoms with Gasteiger partial charge in [0.05, 0.1) is 4.90 Å². The lowest BCUT2D eigenvalue weighted by molar-refractivity contribution is -0.152. The summed E-state index contributed by atoms with van der Waals surface area (Å²) in [5, 5.41) is 0. The minimum atomic E-state index is -4.03. The van der Waals surface area contributed by atoms with E-state index in [1.54, 1.807) is 13.8 Å². The second kappa shape index (κ2) is 8.20. The Morgan fingerprint density at radius 3 is 2.20 bits per heavy atom. The number of nitrogens with two attached hydrogens (primary N) is 1. The molecule has 2 aromatic carbocycles. The van der Waals surface area contributed by atoms with Crippen LogP contribution in [0.4, 0.5) is 0 Å². The summed E-state index contributed by atoms with van der Waals surface area (Å²) in [6.45, 7) is 6.73. The molecular formula is C22H26N2O5S. The van der Waals surface area contributed by atoms with Crippen molar-refractivity contribution in [2.45, 2.75) is 51.6 Å². The first-order valence-corrected chi connectivity index (χ1v) is 11.1. The Morgan fingerprint density at radius 1 is 1.07 bits per heavy atom. The normalized spacial score (nSPS) is 16.7. The highest BCUT2D eigenvalue weighted by molar-refractivity contribution is 7.89. The van der Waals surface area contributed by atoms with Crippen LogP contribution in [0.15, 0.2) is 35.2 Å². The predicted molar refractivity (Wildman–Crippen MR) is 112 cm³/mol. The van der Waals surface area contributed by atoms with Crippen LogP contribution < -0.4 is 5.73 Å². The van der Waals surface area contributed by atoms with Crippen molar-refractivity contribution in [1.29, 1.82) is 0 Å². The van der Waals surface area contributed by atoms with Crippen LogP contribution in [0.1, 0.15) is 33.4 Å². The number of amides is 1. The van der Waals surface area contributed by atoms with E-state index in [0.29, 0.717) is 11.1 Å². The van der Waals surface area contributed by atoms with E-state index < -0.39 is 34.5 Å². The van der Waals surface area contributed by atoms with E-state index in [9.17, 15) is 18.0 Å². The van der Waals surface area contributed by atoms with Crippen molar-refractivity contribution in [2.24, 2.45) is 5.73 Å². The van der Waals surface area contributed by atoms with Crippen LogP contribution in [0.25, 0.3) is 0 Å². The predicted octanol–water partition coefficient (Wildman–Crippen LogP) is 2.06. The first-order valence-electron chi connectivity index (χ1n) is 9.65. The number of sulfonamides is 1. The van der Waals surface area contributed by atoms with Gasteiger partial charge in [0, 0.05) is 13.0 Å². The van der Waals surface area contributed by atoms with Crippen molar-refractivity contribution in [3.63, 3.8) is 0 Å². The minimum Gasteiger partial charge on any atom is -0.454 e. The lowest BCUT2D eigenvalue weighted by atomic mass is 9.96. The monoisotopic (exact) mass is 430 g/mol. The van der Waals surface area contributed by atoms with Crippen LogP contribution >= 0.6 is 0 Å². The molecule has 0 aromatic heterocycles. The third kappa shape index (κ3) is 3.97. The number of hydrogen-bond donors (Lipinski definition) is 1. The molecule has 0 bridgehead atoms. The topological polar surface area (TPSA) is 107 Å². The smallest absolute Gasteiger partial charge is 0.325 e. The fourth-order valence-electron chi connectivity index (χ4n) is 3.88. The van der Waals surface area contributed by atoms with E-state index in [1.807, 2.05) is 44.2 Å². The fourth-order valence-corrected chi connectivity index (χ4v) is 6.01. The van der Waals surface area contributed by atoms with Gasteiger partial charge in [-0.1, -0.05) is 30.3 Å². The van der Waals surface area contributed by atoms with Gasteiger partial charge < -0.3 is 10.5 Å². The molecule has 0 saturated carbocycles. The molecule has 1 aliphatic heterocycles. The van der Waals surface area contributed by atoms with Crippen molar-refractivity contribution in [3.8, 4) is 0 Å². The maximum atomic E-state index is 13.8. The number of benzene rings is 2. The first-order chi connectivity index (χ1) is 14.0. The lowest BCUT2D eigenvalue weighted by Gasteiger charge is -2.35. The van der Waals surface area contributed by atoms with Crippen LogP contribution in [0, 0.1) is 27.7 Å². The summed E-state index contributed by atoms with van der Waals surface area (Å²) >= 11 is 0. The van der Waals surface area contributed by atoms with E-state index in [0.717, 1.165) is 22.3 Å². The Morgan fingerprint density at radius 2 is 1.63 bits per heavy atom. The fraction of sp³-hybridized carbons (Fsp3) is 0.364. The maximum absolute atomic E-state index is 13.8. The van der Waals surface area contributed by atoms with Crippen LogP contribution in [-0.2, 0) is 37.3 Å². The minimum absolute atomic E-state index is 0.0424. The molecule has 1 atom stereocenters. The zero-order valence-electron chi connectivity index (χ0n) is 17.6. The summed E-state index contributed by atoms with van der Waals surface area (Å²) in [6, 6.07) is 8.26. The number of rotatable bonds is 5. The summed E-state index contributed by atoms with van der Waals surface area (Å²) in [5.74, 6) is -1.58. The molecule has 0 radical (unpaired) electrons. The van der Waals surface area contributed by atoms with Gasteiger partial charge >= 0.3 is 5.97 Å². The zero-order valence-corrected chi connectivity index (χ0v) is 18.4. The Hall–Kier alpha value is -2.71. The van der Waals surface area contributed by atoms with Crippen LogP contribution in [0.2, 0.25) is 0 Å². The molecule has 0 unspecified atom stereocenters. The Balaban J connectivity index is 2.12. The van der Waals surface area contributed by atoms with E-state index in [1.165, 1.54) is 4.31 Å². The Bertz CT molecular complexity index is 1100. The van der Waals surface area contributed by atoms with Crippen molar-refractivity contribution < 1.29 is 22.7 Å². The van der Waals surface area contributed by atoms with E-state index >= 15 is 0 Å². The first kappa shape index (κ1) is 22.0. The number of carbonyl (C=O) groups is 2. The van der Waals surface area contributed by atoms with Crippen LogP contribution in [-0.4, -0.2) is 37.2 Å². The highest BCUT2D eigenvalue weighted by Gasteiger charge is 2.42. The van der Waals surface area contributed by atoms with Gasteiger partial charge in [-0.15, -0.1) is 0 Å². The Kier molecular flexibility index (Phi) is 6.01. The number of aryl methyl sites for hydroxylation is 2. The molecule has 2 aromatic rings. The molecule has 0 aliphatic carbocycles. The number of carbonyl (C=O) groups excluding carboxylic acids is 2. The number of hydrogen-bond acceptors (Lipinski definition) is 5. The molecule has 0 fully saturated rings. The molecule has 30 heavy (non-hydrogen) atoms. The summed E-state index contributed by atoms with van der Waals surface area (Å²) in [7, 11) is -4.03. The Labute approximate surface area is 176 Å². The summed E-state index contributed by atoms with van der Waals surface area (Å²) in [4.78, 5) is 24.0. The van der Waals surface area contributed by atoms with Gasteiger partial charge in [0.2, 0.25) is 10.0 Å². The second-order valence-corrected chi connectivity index (χ2v) is 9.53. The SMILES string of the molecule is Cc1cc(C)c(C)c(S(=O)(=O)N2Cc3ccccc3C[C@H]2C(=O)OCC(N)=O)c1C. The van der Waals surface area contributed by atoms with Crippen LogP contribution in [0.5, 0.6) is 0 Å². The average Bonchev–Trinajstić information content (AvgIpc) is 2.69. The third-order valence-electron chi connectivity index (χ3n) is 5.70. The van der Waals surface area contributed by atoms with E-state index in [2.05, 4.69) is 0 Å². The molecule has 8 heteroatoms. The van der Waals surface area contributed by atoms with Crippen molar-refractivity contribution in [2.75, 3.05) is 6.61 Å². The number of fused-ring (bicyclic) bond motifs is 1. The second-order valence-electron chi connectivity index (χ2n) is 7.70. The standard InChI is InChI=1S/C22H26N2O5S/c1-13-9-14(2)16(4)21(15(13)3)30(27,28)24-11-18-8-6-5-7-17(18)10-19(24)22(26)29-12-20(23)25/h5-9,19H,10-12H2,1-4H3,(H2,23,25)/t19-/m0/s1. The number of primary amides is 1. The van der Waals surface area contributed by atoms with Gasteiger partial charge in [0.25, 0.3) is 5.91 Å². The van der Waals surface area contributed by atoms with Gasteiger partial charge in [0.1, 0.15) is 6.04 Å². The van der Waals surface area contributed by atoms with Crippen molar-refractivity contribution in [3.05, 3.63) is 63.7 Å². The molecule has 1 aliphatic rings. The third-order valence-corrected chi connectivity index (χ3v) is 7.83.